The molecule has 0 bridgehead atoms. The van der Waals surface area contributed by atoms with Crippen molar-refractivity contribution in [1.29, 1.82) is 0 Å². The van der Waals surface area contributed by atoms with Gasteiger partial charge in [-0.3, -0.25) is 0 Å². The Morgan fingerprint density at radius 3 is 2.38 bits per heavy atom. The van der Waals surface area contributed by atoms with Crippen LogP contribution in [-0.4, -0.2) is 9.97 Å². The molecule has 0 unspecified atom stereocenters. The molecule has 1 aromatic heterocycles. The van der Waals surface area contributed by atoms with Crippen molar-refractivity contribution in [2.24, 2.45) is 0 Å². The number of rotatable bonds is 1. The molecule has 0 aliphatic heterocycles. The van der Waals surface area contributed by atoms with Crippen LogP contribution in [0.3, 0.4) is 0 Å². The maximum atomic E-state index is 4.50. The van der Waals surface area contributed by atoms with Crippen LogP contribution in [0.15, 0.2) is 67.0 Å². The van der Waals surface area contributed by atoms with E-state index in [1.165, 1.54) is 16.3 Å². The molecule has 21 heavy (non-hydrogen) atoms. The number of nitrogens with zero attached hydrogens (tertiary/aromatic N) is 2. The predicted octanol–water partition coefficient (Wildman–Crippen LogP) is 4.76. The lowest BCUT2D eigenvalue weighted by atomic mass is 10.0. The topological polar surface area (TPSA) is 25.8 Å². The summed E-state index contributed by atoms with van der Waals surface area (Å²) in [4.78, 5) is 9.00. The molecule has 0 N–H and O–H groups in total. The second-order valence-corrected chi connectivity index (χ2v) is 5.27. The van der Waals surface area contributed by atoms with Gasteiger partial charge in [0.05, 0.1) is 11.2 Å². The fraction of sp³-hybridized carbons (Fsp3) is 0.0526. The van der Waals surface area contributed by atoms with Crippen molar-refractivity contribution in [1.82, 2.24) is 9.97 Å². The monoisotopic (exact) mass is 270 g/mol. The van der Waals surface area contributed by atoms with Gasteiger partial charge in [0.25, 0.3) is 0 Å². The standard InChI is InChI=1S/C19H14N2/c1-13-6-8-15(9-7-13)18-17-11-10-14-4-2-3-5-16(14)19(17)21-12-20-18/h2-12H,1H3. The van der Waals surface area contributed by atoms with Crippen molar-refractivity contribution >= 4 is 21.7 Å². The fourth-order valence-corrected chi connectivity index (χ4v) is 2.74. The quantitative estimate of drug-likeness (QED) is 0.466. The van der Waals surface area contributed by atoms with E-state index in [1.807, 2.05) is 0 Å². The number of fused-ring (bicyclic) bond motifs is 3. The van der Waals surface area contributed by atoms with Gasteiger partial charge in [0.2, 0.25) is 0 Å². The Balaban J connectivity index is 2.06. The third-order valence-corrected chi connectivity index (χ3v) is 3.85. The summed E-state index contributed by atoms with van der Waals surface area (Å²) in [6.45, 7) is 2.09. The van der Waals surface area contributed by atoms with Gasteiger partial charge in [-0.2, -0.15) is 0 Å². The van der Waals surface area contributed by atoms with Gasteiger partial charge in [-0.25, -0.2) is 9.97 Å². The van der Waals surface area contributed by atoms with Gasteiger partial charge in [-0.05, 0) is 18.4 Å². The van der Waals surface area contributed by atoms with E-state index in [-0.39, 0.29) is 0 Å². The lowest BCUT2D eigenvalue weighted by molar-refractivity contribution is 1.23. The minimum Gasteiger partial charge on any atom is -0.236 e. The number of hydrogen-bond acceptors (Lipinski definition) is 2. The molecule has 0 amide bonds. The van der Waals surface area contributed by atoms with E-state index in [9.17, 15) is 0 Å². The molecule has 100 valence electrons. The Morgan fingerprint density at radius 2 is 1.52 bits per heavy atom. The molecule has 0 saturated heterocycles. The maximum Gasteiger partial charge on any atom is 0.116 e. The van der Waals surface area contributed by atoms with Crippen LogP contribution < -0.4 is 0 Å². The molecule has 0 aliphatic rings. The fourth-order valence-electron chi connectivity index (χ4n) is 2.74. The molecule has 0 spiro atoms. The highest BCUT2D eigenvalue weighted by molar-refractivity contribution is 6.08. The zero-order chi connectivity index (χ0) is 14.2. The number of aromatic nitrogens is 2. The van der Waals surface area contributed by atoms with Crippen LogP contribution in [0, 0.1) is 6.92 Å². The summed E-state index contributed by atoms with van der Waals surface area (Å²) in [5.74, 6) is 0. The highest BCUT2D eigenvalue weighted by Crippen LogP contribution is 2.30. The summed E-state index contributed by atoms with van der Waals surface area (Å²) in [7, 11) is 0. The highest BCUT2D eigenvalue weighted by atomic mass is 14.8. The first-order valence-corrected chi connectivity index (χ1v) is 7.02. The van der Waals surface area contributed by atoms with Crippen LogP contribution in [-0.2, 0) is 0 Å². The van der Waals surface area contributed by atoms with E-state index >= 15 is 0 Å². The van der Waals surface area contributed by atoms with Crippen molar-refractivity contribution < 1.29 is 0 Å². The molecular weight excluding hydrogens is 256 g/mol. The van der Waals surface area contributed by atoms with E-state index in [0.29, 0.717) is 0 Å². The van der Waals surface area contributed by atoms with E-state index < -0.39 is 0 Å². The molecule has 2 heteroatoms. The number of aryl methyl sites for hydroxylation is 1. The van der Waals surface area contributed by atoms with Gasteiger partial charge in [0.1, 0.15) is 6.33 Å². The molecule has 0 aliphatic carbocycles. The second-order valence-electron chi connectivity index (χ2n) is 5.27. The maximum absolute atomic E-state index is 4.50. The first-order valence-electron chi connectivity index (χ1n) is 7.02. The van der Waals surface area contributed by atoms with Crippen LogP contribution in [0.25, 0.3) is 32.9 Å². The zero-order valence-electron chi connectivity index (χ0n) is 11.7. The van der Waals surface area contributed by atoms with Crippen LogP contribution in [0.1, 0.15) is 5.56 Å². The largest absolute Gasteiger partial charge is 0.236 e. The number of benzene rings is 3. The first-order chi connectivity index (χ1) is 10.3. The molecule has 0 atom stereocenters. The SMILES string of the molecule is Cc1ccc(-c2ncnc3c2ccc2ccccc23)cc1. The van der Waals surface area contributed by atoms with Crippen molar-refractivity contribution in [3.05, 3.63) is 72.6 Å². The number of hydrogen-bond donors (Lipinski definition) is 0. The van der Waals surface area contributed by atoms with Crippen LogP contribution in [0.4, 0.5) is 0 Å². The van der Waals surface area contributed by atoms with Gasteiger partial charge >= 0.3 is 0 Å². The zero-order valence-corrected chi connectivity index (χ0v) is 11.7. The van der Waals surface area contributed by atoms with Gasteiger partial charge in [0, 0.05) is 16.3 Å². The van der Waals surface area contributed by atoms with Crippen molar-refractivity contribution in [2.45, 2.75) is 6.92 Å². The Morgan fingerprint density at radius 1 is 0.714 bits per heavy atom. The van der Waals surface area contributed by atoms with Gasteiger partial charge < -0.3 is 0 Å². The third kappa shape index (κ3) is 1.96. The lowest BCUT2D eigenvalue weighted by Gasteiger charge is -2.08. The first kappa shape index (κ1) is 12.0. The highest BCUT2D eigenvalue weighted by Gasteiger charge is 2.08. The Labute approximate surface area is 123 Å². The van der Waals surface area contributed by atoms with Crippen LogP contribution in [0.5, 0.6) is 0 Å². The molecule has 3 aromatic carbocycles. The summed E-state index contributed by atoms with van der Waals surface area (Å²) >= 11 is 0. The average molecular weight is 270 g/mol. The Kier molecular flexibility index (Phi) is 2.68. The predicted molar refractivity (Wildman–Crippen MR) is 87.2 cm³/mol. The molecule has 4 aromatic rings. The smallest absolute Gasteiger partial charge is 0.116 e. The van der Waals surface area contributed by atoms with E-state index in [0.717, 1.165) is 22.2 Å². The third-order valence-electron chi connectivity index (χ3n) is 3.85. The summed E-state index contributed by atoms with van der Waals surface area (Å²) in [6.07, 6.45) is 1.66. The molecular formula is C19H14N2. The van der Waals surface area contributed by atoms with E-state index in [4.69, 9.17) is 0 Å². The molecule has 2 nitrogen and oxygen atoms in total. The van der Waals surface area contributed by atoms with Gasteiger partial charge in [-0.1, -0.05) is 60.2 Å². The van der Waals surface area contributed by atoms with Crippen LogP contribution in [0.2, 0.25) is 0 Å². The van der Waals surface area contributed by atoms with Crippen LogP contribution >= 0.6 is 0 Å². The van der Waals surface area contributed by atoms with Crippen molar-refractivity contribution in [3.8, 4) is 11.3 Å². The Bertz CT molecular complexity index is 940. The summed E-state index contributed by atoms with van der Waals surface area (Å²) in [5, 5.41) is 3.48. The normalized spacial score (nSPS) is 11.1. The van der Waals surface area contributed by atoms with Crippen molar-refractivity contribution in [3.63, 3.8) is 0 Å². The summed E-state index contributed by atoms with van der Waals surface area (Å²) in [5.41, 5.74) is 4.38. The molecule has 4 rings (SSSR count). The molecule has 0 radical (unpaired) electrons. The molecule has 0 fully saturated rings. The van der Waals surface area contributed by atoms with Gasteiger partial charge in [-0.15, -0.1) is 0 Å². The Hall–Kier alpha value is -2.74. The minimum absolute atomic E-state index is 0.991. The lowest BCUT2D eigenvalue weighted by Crippen LogP contribution is -1.90. The average Bonchev–Trinajstić information content (AvgIpc) is 2.55. The summed E-state index contributed by atoms with van der Waals surface area (Å²) < 4.78 is 0. The van der Waals surface area contributed by atoms with Crippen molar-refractivity contribution in [2.75, 3.05) is 0 Å². The van der Waals surface area contributed by atoms with Gasteiger partial charge in [0.15, 0.2) is 0 Å². The molecule has 1 heterocycles. The minimum atomic E-state index is 0.991. The second kappa shape index (κ2) is 4.67. The van der Waals surface area contributed by atoms with E-state index in [1.54, 1.807) is 6.33 Å². The summed E-state index contributed by atoms with van der Waals surface area (Å²) in [6, 6.07) is 21.1. The molecule has 0 saturated carbocycles. The van der Waals surface area contributed by atoms with E-state index in [2.05, 4.69) is 77.6 Å².